The molecule has 0 radical (unpaired) electrons. The summed E-state index contributed by atoms with van der Waals surface area (Å²) in [5, 5.41) is 14.9. The molecular formula is C17H22N2O2S. The summed E-state index contributed by atoms with van der Waals surface area (Å²) >= 11 is 1.51. The lowest BCUT2D eigenvalue weighted by molar-refractivity contribution is 0.0935. The first-order valence-corrected chi connectivity index (χ1v) is 8.37. The van der Waals surface area contributed by atoms with Gasteiger partial charge in [0.15, 0.2) is 0 Å². The molecule has 1 aromatic carbocycles. The third kappa shape index (κ3) is 5.24. The molecule has 2 unspecified atom stereocenters. The zero-order chi connectivity index (χ0) is 15.9. The minimum atomic E-state index is -0.344. The lowest BCUT2D eigenvalue weighted by atomic mass is 10.0. The van der Waals surface area contributed by atoms with Gasteiger partial charge in [-0.1, -0.05) is 37.3 Å². The quantitative estimate of drug-likeness (QED) is 0.825. The van der Waals surface area contributed by atoms with Gasteiger partial charge in [0.1, 0.15) is 5.69 Å². The van der Waals surface area contributed by atoms with Gasteiger partial charge in [0.05, 0.1) is 11.1 Å². The van der Waals surface area contributed by atoms with E-state index >= 15 is 0 Å². The van der Waals surface area contributed by atoms with Crippen molar-refractivity contribution in [1.82, 2.24) is 10.3 Å². The zero-order valence-electron chi connectivity index (χ0n) is 13.0. The number of aromatic nitrogens is 1. The van der Waals surface area contributed by atoms with Crippen LogP contribution in [0.3, 0.4) is 0 Å². The minimum absolute atomic E-state index is 0.145. The highest BCUT2D eigenvalue weighted by Crippen LogP contribution is 2.15. The molecule has 1 aromatic heterocycles. The second-order valence-corrected chi connectivity index (χ2v) is 6.63. The summed E-state index contributed by atoms with van der Waals surface area (Å²) < 4.78 is 0. The van der Waals surface area contributed by atoms with E-state index in [0.717, 1.165) is 11.4 Å². The van der Waals surface area contributed by atoms with Crippen molar-refractivity contribution in [2.75, 3.05) is 6.54 Å². The average Bonchev–Trinajstić information content (AvgIpc) is 2.94. The van der Waals surface area contributed by atoms with Crippen LogP contribution in [0, 0.1) is 5.92 Å². The Balaban J connectivity index is 1.86. The van der Waals surface area contributed by atoms with Crippen LogP contribution in [0.2, 0.25) is 0 Å². The van der Waals surface area contributed by atoms with Gasteiger partial charge in [-0.15, -0.1) is 11.3 Å². The van der Waals surface area contributed by atoms with Gasteiger partial charge in [-0.05, 0) is 24.8 Å². The Morgan fingerprint density at radius 2 is 2.05 bits per heavy atom. The highest BCUT2D eigenvalue weighted by molar-refractivity contribution is 7.09. The Hall–Kier alpha value is -1.72. The maximum atomic E-state index is 12.1. The Labute approximate surface area is 135 Å². The predicted octanol–water partition coefficient (Wildman–Crippen LogP) is 2.87. The van der Waals surface area contributed by atoms with E-state index in [2.05, 4.69) is 22.4 Å². The summed E-state index contributed by atoms with van der Waals surface area (Å²) in [5.41, 5.74) is 1.66. The van der Waals surface area contributed by atoms with Gasteiger partial charge in [-0.3, -0.25) is 4.79 Å². The monoisotopic (exact) mass is 318 g/mol. The molecule has 2 atom stereocenters. The van der Waals surface area contributed by atoms with Crippen molar-refractivity contribution in [1.29, 1.82) is 0 Å². The number of hydrogen-bond acceptors (Lipinski definition) is 4. The fourth-order valence-corrected chi connectivity index (χ4v) is 3.10. The van der Waals surface area contributed by atoms with Crippen LogP contribution in [0.4, 0.5) is 0 Å². The van der Waals surface area contributed by atoms with Crippen molar-refractivity contribution >= 4 is 17.2 Å². The van der Waals surface area contributed by atoms with E-state index in [0.29, 0.717) is 18.7 Å². The van der Waals surface area contributed by atoms with Gasteiger partial charge in [-0.2, -0.15) is 0 Å². The molecule has 118 valence electrons. The molecular weight excluding hydrogens is 296 g/mol. The number of aliphatic hydroxyl groups is 1. The number of benzene rings is 1. The number of aliphatic hydroxyl groups excluding tert-OH is 1. The summed E-state index contributed by atoms with van der Waals surface area (Å²) in [6.45, 7) is 4.32. The number of carbonyl (C=O) groups is 1. The fourth-order valence-electron chi connectivity index (χ4n) is 2.29. The number of rotatable bonds is 7. The first-order chi connectivity index (χ1) is 10.5. The second-order valence-electron chi connectivity index (χ2n) is 5.69. The molecule has 0 spiro atoms. The van der Waals surface area contributed by atoms with Gasteiger partial charge < -0.3 is 10.4 Å². The van der Waals surface area contributed by atoms with E-state index in [1.54, 1.807) is 12.3 Å². The van der Waals surface area contributed by atoms with E-state index in [1.165, 1.54) is 16.9 Å². The molecule has 0 aliphatic heterocycles. The normalized spacial score (nSPS) is 13.6. The molecule has 2 rings (SSSR count). The first-order valence-electron chi connectivity index (χ1n) is 7.49. The topological polar surface area (TPSA) is 62.2 Å². The molecule has 5 heteroatoms. The predicted molar refractivity (Wildman–Crippen MR) is 89.2 cm³/mol. The molecule has 0 saturated carbocycles. The summed E-state index contributed by atoms with van der Waals surface area (Å²) in [6.07, 6.45) is 1.08. The molecule has 1 amide bonds. The fraction of sp³-hybridized carbons (Fsp3) is 0.412. The lowest BCUT2D eigenvalue weighted by Gasteiger charge is -2.13. The number of nitrogens with zero attached hydrogens (tertiary/aromatic N) is 1. The van der Waals surface area contributed by atoms with Crippen LogP contribution >= 0.6 is 11.3 Å². The lowest BCUT2D eigenvalue weighted by Crippen LogP contribution is -2.29. The third-order valence-corrected chi connectivity index (χ3v) is 4.19. The molecule has 2 aromatic rings. The van der Waals surface area contributed by atoms with Crippen molar-refractivity contribution in [2.24, 2.45) is 5.92 Å². The molecule has 22 heavy (non-hydrogen) atoms. The van der Waals surface area contributed by atoms with Gasteiger partial charge in [0.25, 0.3) is 5.91 Å². The second kappa shape index (κ2) is 8.06. The Morgan fingerprint density at radius 3 is 2.73 bits per heavy atom. The van der Waals surface area contributed by atoms with Crippen molar-refractivity contribution in [3.8, 4) is 0 Å². The third-order valence-electron chi connectivity index (χ3n) is 3.34. The molecule has 4 nitrogen and oxygen atoms in total. The van der Waals surface area contributed by atoms with E-state index in [-0.39, 0.29) is 17.9 Å². The van der Waals surface area contributed by atoms with Gasteiger partial charge >= 0.3 is 0 Å². The van der Waals surface area contributed by atoms with E-state index < -0.39 is 0 Å². The summed E-state index contributed by atoms with van der Waals surface area (Å²) in [6, 6.07) is 10.1. The van der Waals surface area contributed by atoms with E-state index in [9.17, 15) is 9.90 Å². The van der Waals surface area contributed by atoms with Gasteiger partial charge in [0.2, 0.25) is 0 Å². The number of hydrogen-bond donors (Lipinski definition) is 2. The minimum Gasteiger partial charge on any atom is -0.393 e. The van der Waals surface area contributed by atoms with Crippen molar-refractivity contribution in [2.45, 2.75) is 32.8 Å². The highest BCUT2D eigenvalue weighted by atomic mass is 32.1. The SMILES string of the molecule is CC(O)CC(C)CNC(=O)c1csc(Cc2ccccc2)n1. The Morgan fingerprint density at radius 1 is 1.32 bits per heavy atom. The molecule has 0 aliphatic rings. The summed E-state index contributed by atoms with van der Waals surface area (Å²) in [7, 11) is 0. The number of amides is 1. The molecule has 1 heterocycles. The largest absolute Gasteiger partial charge is 0.393 e. The average molecular weight is 318 g/mol. The van der Waals surface area contributed by atoms with Crippen molar-refractivity contribution < 1.29 is 9.90 Å². The van der Waals surface area contributed by atoms with Crippen LogP contribution in [0.15, 0.2) is 35.7 Å². The van der Waals surface area contributed by atoms with Gasteiger partial charge in [0, 0.05) is 18.3 Å². The van der Waals surface area contributed by atoms with Crippen LogP contribution in [0.25, 0.3) is 0 Å². The van der Waals surface area contributed by atoms with E-state index in [1.807, 2.05) is 25.1 Å². The van der Waals surface area contributed by atoms with Crippen LogP contribution in [0.5, 0.6) is 0 Å². The Bertz CT molecular complexity index is 596. The molecule has 0 bridgehead atoms. The van der Waals surface area contributed by atoms with Crippen LogP contribution in [-0.4, -0.2) is 28.6 Å². The van der Waals surface area contributed by atoms with E-state index in [4.69, 9.17) is 0 Å². The molecule has 0 saturated heterocycles. The first kappa shape index (κ1) is 16.6. The maximum absolute atomic E-state index is 12.1. The number of thiazole rings is 1. The van der Waals surface area contributed by atoms with Gasteiger partial charge in [-0.25, -0.2) is 4.98 Å². The van der Waals surface area contributed by atoms with Crippen LogP contribution in [0.1, 0.15) is 41.3 Å². The number of nitrogens with one attached hydrogen (secondary N) is 1. The van der Waals surface area contributed by atoms with Crippen molar-refractivity contribution in [3.63, 3.8) is 0 Å². The standard InChI is InChI=1S/C17H22N2O2S/c1-12(8-13(2)20)10-18-17(21)15-11-22-16(19-15)9-14-6-4-3-5-7-14/h3-7,11-13,20H,8-10H2,1-2H3,(H,18,21). The summed E-state index contributed by atoms with van der Waals surface area (Å²) in [4.78, 5) is 16.5. The molecule has 2 N–H and O–H groups in total. The van der Waals surface area contributed by atoms with Crippen LogP contribution < -0.4 is 5.32 Å². The number of carbonyl (C=O) groups excluding carboxylic acids is 1. The van der Waals surface area contributed by atoms with Crippen molar-refractivity contribution in [3.05, 3.63) is 52.0 Å². The Kier molecular flexibility index (Phi) is 6.10. The zero-order valence-corrected chi connectivity index (χ0v) is 13.8. The van der Waals surface area contributed by atoms with Crippen LogP contribution in [-0.2, 0) is 6.42 Å². The molecule has 0 fully saturated rings. The maximum Gasteiger partial charge on any atom is 0.270 e. The molecule has 0 aliphatic carbocycles. The summed E-state index contributed by atoms with van der Waals surface area (Å²) in [5.74, 6) is 0.0966. The highest BCUT2D eigenvalue weighted by Gasteiger charge is 2.13. The smallest absolute Gasteiger partial charge is 0.270 e.